The number of hydrogen-bond acceptors (Lipinski definition) is 7. The van der Waals surface area contributed by atoms with Gasteiger partial charge in [0, 0.05) is 5.56 Å². The first-order valence-electron chi connectivity index (χ1n) is 14.7. The van der Waals surface area contributed by atoms with E-state index in [1.54, 1.807) is 13.8 Å². The summed E-state index contributed by atoms with van der Waals surface area (Å²) in [7, 11) is 0. The molecule has 0 N–H and O–H groups in total. The molecule has 1 aliphatic heterocycles. The molecule has 7 heteroatoms. The summed E-state index contributed by atoms with van der Waals surface area (Å²) in [5.41, 5.74) is 2.74. The summed E-state index contributed by atoms with van der Waals surface area (Å²) in [5, 5.41) is 0. The first kappa shape index (κ1) is 29.8. The molecule has 216 valence electrons. The third kappa shape index (κ3) is 7.95. The summed E-state index contributed by atoms with van der Waals surface area (Å²) in [5.74, 6) is 1.16. The largest absolute Gasteiger partial charge is 0.490 e. The molecule has 2 aliphatic rings. The van der Waals surface area contributed by atoms with Gasteiger partial charge in [-0.05, 0) is 74.6 Å². The number of rotatable bonds is 12. The van der Waals surface area contributed by atoms with Crippen molar-refractivity contribution in [2.75, 3.05) is 19.8 Å². The predicted molar refractivity (Wildman–Crippen MR) is 153 cm³/mol. The number of carbonyl (C=O) groups excluding carboxylic acids is 2. The lowest BCUT2D eigenvalue weighted by Crippen LogP contribution is -2.39. The Kier molecular flexibility index (Phi) is 11.2. The SMILES string of the molecule is CCCC1CCC(/C=C/COc2ccc(-c3ccc(C4O[C@@H](C(=O)OCC)[C@H](C(=O)OCC)O4)cc3)cc2)CC1. The van der Waals surface area contributed by atoms with Crippen molar-refractivity contribution in [2.45, 2.75) is 77.8 Å². The smallest absolute Gasteiger partial charge is 0.338 e. The maximum Gasteiger partial charge on any atom is 0.338 e. The highest BCUT2D eigenvalue weighted by Gasteiger charge is 2.47. The third-order valence-corrected chi connectivity index (χ3v) is 7.57. The molecule has 2 aromatic carbocycles. The van der Waals surface area contributed by atoms with E-state index < -0.39 is 30.4 Å². The molecule has 1 saturated carbocycles. The van der Waals surface area contributed by atoms with E-state index >= 15 is 0 Å². The topological polar surface area (TPSA) is 80.3 Å². The van der Waals surface area contributed by atoms with Crippen LogP contribution in [-0.4, -0.2) is 44.0 Å². The number of esters is 2. The molecule has 2 atom stereocenters. The van der Waals surface area contributed by atoms with Crippen LogP contribution in [0.4, 0.5) is 0 Å². The Bertz CT molecular complexity index is 1070. The van der Waals surface area contributed by atoms with Crippen molar-refractivity contribution in [1.82, 2.24) is 0 Å². The average Bonchev–Trinajstić information content (AvgIpc) is 3.43. The summed E-state index contributed by atoms with van der Waals surface area (Å²) in [6.45, 7) is 6.59. The molecule has 1 saturated heterocycles. The number of hydrogen-bond donors (Lipinski definition) is 0. The molecule has 0 unspecified atom stereocenters. The quantitative estimate of drug-likeness (QED) is 0.212. The lowest BCUT2D eigenvalue weighted by molar-refractivity contribution is -0.163. The van der Waals surface area contributed by atoms with Crippen molar-refractivity contribution in [1.29, 1.82) is 0 Å². The molecule has 0 amide bonds. The summed E-state index contributed by atoms with van der Waals surface area (Å²) in [4.78, 5) is 24.7. The Morgan fingerprint density at radius 2 is 1.35 bits per heavy atom. The van der Waals surface area contributed by atoms with E-state index in [-0.39, 0.29) is 13.2 Å². The van der Waals surface area contributed by atoms with E-state index in [0.717, 1.165) is 22.8 Å². The van der Waals surface area contributed by atoms with Crippen molar-refractivity contribution in [3.8, 4) is 16.9 Å². The van der Waals surface area contributed by atoms with E-state index in [4.69, 9.17) is 23.7 Å². The van der Waals surface area contributed by atoms with E-state index in [2.05, 4.69) is 19.1 Å². The highest BCUT2D eigenvalue weighted by molar-refractivity contribution is 5.86. The zero-order chi connectivity index (χ0) is 28.3. The molecule has 4 rings (SSSR count). The predicted octanol–water partition coefficient (Wildman–Crippen LogP) is 6.80. The van der Waals surface area contributed by atoms with Gasteiger partial charge in [0.15, 0.2) is 18.5 Å². The molecule has 1 aliphatic carbocycles. The monoisotopic (exact) mass is 550 g/mol. The van der Waals surface area contributed by atoms with E-state index in [1.165, 1.54) is 38.5 Å². The van der Waals surface area contributed by atoms with Gasteiger partial charge in [-0.15, -0.1) is 0 Å². The standard InChI is InChI=1S/C33H42O7/c1-4-8-23-10-12-24(13-11-23)9-7-22-38-28-20-18-26(19-21-28)25-14-16-27(17-15-25)33-39-29(31(34)36-5-2)30(40-33)32(35)37-6-3/h7,9,14-21,23-24,29-30,33H,4-6,8,10-13,22H2,1-3H3/b9-7+/t23?,24?,29-,30-/m1/s1. The molecule has 2 aromatic rings. The van der Waals surface area contributed by atoms with Crippen LogP contribution in [0.15, 0.2) is 60.7 Å². The van der Waals surface area contributed by atoms with Crippen LogP contribution >= 0.6 is 0 Å². The fourth-order valence-corrected chi connectivity index (χ4v) is 5.45. The van der Waals surface area contributed by atoms with Crippen LogP contribution < -0.4 is 4.74 Å². The Morgan fingerprint density at radius 1 is 0.800 bits per heavy atom. The zero-order valence-corrected chi connectivity index (χ0v) is 23.9. The van der Waals surface area contributed by atoms with Gasteiger partial charge in [-0.25, -0.2) is 9.59 Å². The van der Waals surface area contributed by atoms with E-state index in [9.17, 15) is 9.59 Å². The molecule has 0 radical (unpaired) electrons. The second kappa shape index (κ2) is 15.0. The number of benzene rings is 2. The number of carbonyl (C=O) groups is 2. The minimum atomic E-state index is -1.17. The molecule has 0 spiro atoms. The Labute approximate surface area is 237 Å². The summed E-state index contributed by atoms with van der Waals surface area (Å²) in [6, 6.07) is 15.6. The average molecular weight is 551 g/mol. The van der Waals surface area contributed by atoms with Gasteiger partial charge in [-0.3, -0.25) is 0 Å². The first-order valence-corrected chi connectivity index (χ1v) is 14.7. The summed E-state index contributed by atoms with van der Waals surface area (Å²) < 4.78 is 27.6. The molecular weight excluding hydrogens is 508 g/mol. The summed E-state index contributed by atoms with van der Waals surface area (Å²) in [6.07, 6.45) is 9.24. The van der Waals surface area contributed by atoms with Gasteiger partial charge in [-0.1, -0.05) is 68.3 Å². The second-order valence-electron chi connectivity index (χ2n) is 10.4. The second-order valence-corrected chi connectivity index (χ2v) is 10.4. The van der Waals surface area contributed by atoms with Crippen molar-refractivity contribution in [3.63, 3.8) is 0 Å². The molecular formula is C33H42O7. The van der Waals surface area contributed by atoms with Gasteiger partial charge in [0.2, 0.25) is 0 Å². The summed E-state index contributed by atoms with van der Waals surface area (Å²) >= 11 is 0. The van der Waals surface area contributed by atoms with Crippen molar-refractivity contribution < 1.29 is 33.3 Å². The zero-order valence-electron chi connectivity index (χ0n) is 23.9. The lowest BCUT2D eigenvalue weighted by atomic mass is 9.80. The van der Waals surface area contributed by atoms with Gasteiger partial charge < -0.3 is 23.7 Å². The Hall–Kier alpha value is -3.16. The van der Waals surface area contributed by atoms with Gasteiger partial charge in [0.1, 0.15) is 12.4 Å². The molecule has 0 bridgehead atoms. The van der Waals surface area contributed by atoms with Gasteiger partial charge in [-0.2, -0.15) is 0 Å². The van der Waals surface area contributed by atoms with E-state index in [0.29, 0.717) is 18.1 Å². The number of ether oxygens (including phenoxy) is 5. The molecule has 40 heavy (non-hydrogen) atoms. The highest BCUT2D eigenvalue weighted by atomic mass is 16.8. The molecule has 7 nitrogen and oxygen atoms in total. The highest BCUT2D eigenvalue weighted by Crippen LogP contribution is 2.34. The number of allylic oxidation sites excluding steroid dienone is 1. The van der Waals surface area contributed by atoms with Crippen LogP contribution in [0.3, 0.4) is 0 Å². The maximum atomic E-state index is 12.3. The van der Waals surface area contributed by atoms with Gasteiger partial charge >= 0.3 is 11.9 Å². The minimum Gasteiger partial charge on any atom is -0.490 e. The normalized spacial score (nSPS) is 23.3. The van der Waals surface area contributed by atoms with Gasteiger partial charge in [0.25, 0.3) is 0 Å². The van der Waals surface area contributed by atoms with Crippen LogP contribution in [-0.2, 0) is 28.5 Å². The van der Waals surface area contributed by atoms with Crippen molar-refractivity contribution >= 4 is 11.9 Å². The first-order chi connectivity index (χ1) is 19.5. The molecule has 1 heterocycles. The van der Waals surface area contributed by atoms with Crippen LogP contribution in [0, 0.1) is 11.8 Å². The molecule has 0 aromatic heterocycles. The van der Waals surface area contributed by atoms with Crippen LogP contribution in [0.2, 0.25) is 0 Å². The lowest BCUT2D eigenvalue weighted by Gasteiger charge is -2.26. The third-order valence-electron chi connectivity index (χ3n) is 7.57. The molecule has 2 fully saturated rings. The fourth-order valence-electron chi connectivity index (χ4n) is 5.45. The van der Waals surface area contributed by atoms with Crippen molar-refractivity contribution in [2.24, 2.45) is 11.8 Å². The van der Waals surface area contributed by atoms with Crippen LogP contribution in [0.5, 0.6) is 5.75 Å². The Morgan fingerprint density at radius 3 is 1.88 bits per heavy atom. The maximum absolute atomic E-state index is 12.3. The van der Waals surface area contributed by atoms with Crippen LogP contribution in [0.1, 0.15) is 71.1 Å². The van der Waals surface area contributed by atoms with Crippen LogP contribution in [0.25, 0.3) is 11.1 Å². The van der Waals surface area contributed by atoms with Gasteiger partial charge in [0.05, 0.1) is 13.2 Å². The van der Waals surface area contributed by atoms with E-state index in [1.807, 2.05) is 48.5 Å². The fraction of sp³-hybridized carbons (Fsp3) is 0.515. The minimum absolute atomic E-state index is 0.175. The Balaban J connectivity index is 1.29. The van der Waals surface area contributed by atoms with Crippen molar-refractivity contribution in [3.05, 3.63) is 66.2 Å².